The molecule has 0 bridgehead atoms. The van der Waals surface area contributed by atoms with Crippen molar-refractivity contribution in [3.63, 3.8) is 0 Å². The lowest BCUT2D eigenvalue weighted by Gasteiger charge is -2.41. The summed E-state index contributed by atoms with van der Waals surface area (Å²) in [7, 11) is 0. The first-order valence-electron chi connectivity index (χ1n) is 7.16. The van der Waals surface area contributed by atoms with E-state index >= 15 is 0 Å². The summed E-state index contributed by atoms with van der Waals surface area (Å²) in [6.45, 7) is 3.78. The number of benzene rings is 1. The van der Waals surface area contributed by atoms with Crippen LogP contribution in [0.5, 0.6) is 0 Å². The van der Waals surface area contributed by atoms with Gasteiger partial charge in [-0.15, -0.1) is 12.4 Å². The van der Waals surface area contributed by atoms with Gasteiger partial charge in [0.25, 0.3) is 5.91 Å². The molecule has 1 aromatic rings. The minimum atomic E-state index is -4.42. The van der Waals surface area contributed by atoms with Crippen LogP contribution >= 0.6 is 12.4 Å². The number of hydrogen-bond donors (Lipinski definition) is 1. The molecule has 1 saturated heterocycles. The Balaban J connectivity index is 0.00000176. The number of nitrogens with zero attached hydrogens (tertiary/aromatic N) is 1. The second-order valence-electron chi connectivity index (χ2n) is 5.57. The highest BCUT2D eigenvalue weighted by atomic mass is 35.5. The highest BCUT2D eigenvalue weighted by molar-refractivity contribution is 5.97. The maximum absolute atomic E-state index is 13.0. The van der Waals surface area contributed by atoms with Gasteiger partial charge in [-0.05, 0) is 36.1 Å². The minimum Gasteiger partial charge on any atom is -0.333 e. The molecule has 2 aliphatic rings. The van der Waals surface area contributed by atoms with Crippen LogP contribution in [0.3, 0.4) is 0 Å². The Hall–Kier alpha value is -1.27. The van der Waals surface area contributed by atoms with Gasteiger partial charge in [-0.25, -0.2) is 0 Å². The monoisotopic (exact) mass is 334 g/mol. The average Bonchev–Trinajstić information content (AvgIpc) is 2.45. The van der Waals surface area contributed by atoms with Gasteiger partial charge < -0.3 is 10.2 Å². The smallest absolute Gasteiger partial charge is 0.333 e. The van der Waals surface area contributed by atoms with Crippen LogP contribution in [0.1, 0.15) is 34.0 Å². The van der Waals surface area contributed by atoms with Crippen LogP contribution < -0.4 is 5.32 Å². The van der Waals surface area contributed by atoms with Gasteiger partial charge in [-0.1, -0.05) is 6.92 Å². The molecular formula is C15H18ClF3N2O. The zero-order valence-corrected chi connectivity index (χ0v) is 13.0. The molecule has 0 aliphatic carbocycles. The van der Waals surface area contributed by atoms with Crippen LogP contribution in [0.15, 0.2) is 12.1 Å². The van der Waals surface area contributed by atoms with Gasteiger partial charge in [-0.2, -0.15) is 13.2 Å². The van der Waals surface area contributed by atoms with Gasteiger partial charge in [0.15, 0.2) is 0 Å². The molecule has 122 valence electrons. The molecule has 1 amide bonds. The predicted octanol–water partition coefficient (Wildman–Crippen LogP) is 2.66. The molecular weight excluding hydrogens is 317 g/mol. The standard InChI is InChI=1S/C15H17F3N2O.ClH/c1-2-9-5-10(15(16,17)18)6-13-12(9)7-11-8-19-3-4-20(11)14(13)21;/h5-6,11,19H,2-4,7-8H2,1H3;1H/t11-;/m1./s1. The third-order valence-electron chi connectivity index (χ3n) is 4.33. The maximum atomic E-state index is 13.0. The molecule has 0 spiro atoms. The Morgan fingerprint density at radius 1 is 1.36 bits per heavy atom. The first-order valence-corrected chi connectivity index (χ1v) is 7.16. The normalized spacial score (nSPS) is 21.0. The molecule has 0 aromatic heterocycles. The lowest BCUT2D eigenvalue weighted by molar-refractivity contribution is -0.137. The van der Waals surface area contributed by atoms with E-state index in [4.69, 9.17) is 0 Å². The van der Waals surface area contributed by atoms with E-state index in [1.54, 1.807) is 4.90 Å². The van der Waals surface area contributed by atoms with Crippen LogP contribution in [0.2, 0.25) is 0 Å². The highest BCUT2D eigenvalue weighted by Gasteiger charge is 2.38. The number of hydrogen-bond acceptors (Lipinski definition) is 2. The Morgan fingerprint density at radius 2 is 2.09 bits per heavy atom. The van der Waals surface area contributed by atoms with Gasteiger partial charge >= 0.3 is 6.18 Å². The largest absolute Gasteiger partial charge is 0.416 e. The quantitative estimate of drug-likeness (QED) is 0.856. The van der Waals surface area contributed by atoms with Crippen LogP contribution in [-0.4, -0.2) is 36.5 Å². The molecule has 7 heteroatoms. The Bertz CT molecular complexity index is 589. The van der Waals surface area contributed by atoms with Gasteiger partial charge in [0.2, 0.25) is 0 Å². The van der Waals surface area contributed by atoms with E-state index in [2.05, 4.69) is 5.32 Å². The second-order valence-corrected chi connectivity index (χ2v) is 5.57. The number of amides is 1. The maximum Gasteiger partial charge on any atom is 0.416 e. The molecule has 3 rings (SSSR count). The molecule has 0 unspecified atom stereocenters. The fourth-order valence-electron chi connectivity index (χ4n) is 3.24. The number of nitrogens with one attached hydrogen (secondary N) is 1. The fourth-order valence-corrected chi connectivity index (χ4v) is 3.24. The summed E-state index contributed by atoms with van der Waals surface area (Å²) in [6, 6.07) is 2.27. The lowest BCUT2D eigenvalue weighted by atomic mass is 9.86. The summed E-state index contributed by atoms with van der Waals surface area (Å²) in [6.07, 6.45) is -3.28. The molecule has 2 aliphatic heterocycles. The summed E-state index contributed by atoms with van der Waals surface area (Å²) in [5, 5.41) is 3.23. The van der Waals surface area contributed by atoms with Crippen LogP contribution in [-0.2, 0) is 19.0 Å². The third kappa shape index (κ3) is 2.82. The van der Waals surface area contributed by atoms with Crippen molar-refractivity contribution in [2.75, 3.05) is 19.6 Å². The number of halogens is 4. The summed E-state index contributed by atoms with van der Waals surface area (Å²) in [5.74, 6) is -0.261. The topological polar surface area (TPSA) is 32.3 Å². The Kier molecular flexibility index (Phi) is 4.73. The second kappa shape index (κ2) is 6.08. The summed E-state index contributed by atoms with van der Waals surface area (Å²) >= 11 is 0. The van der Waals surface area contributed by atoms with E-state index in [0.29, 0.717) is 38.0 Å². The van der Waals surface area contributed by atoms with E-state index < -0.39 is 11.7 Å². The van der Waals surface area contributed by atoms with Crippen molar-refractivity contribution in [1.82, 2.24) is 10.2 Å². The molecule has 3 nitrogen and oxygen atoms in total. The van der Waals surface area contributed by atoms with Crippen molar-refractivity contribution >= 4 is 18.3 Å². The van der Waals surface area contributed by atoms with Crippen molar-refractivity contribution < 1.29 is 18.0 Å². The van der Waals surface area contributed by atoms with Crippen molar-refractivity contribution in [3.05, 3.63) is 34.4 Å². The predicted molar refractivity (Wildman–Crippen MR) is 79.5 cm³/mol. The van der Waals surface area contributed by atoms with Crippen molar-refractivity contribution in [2.24, 2.45) is 0 Å². The molecule has 1 fully saturated rings. The molecule has 0 radical (unpaired) electrons. The Labute approximate surface area is 133 Å². The first-order chi connectivity index (χ1) is 9.91. The minimum absolute atomic E-state index is 0. The number of fused-ring (bicyclic) bond motifs is 2. The molecule has 22 heavy (non-hydrogen) atoms. The van der Waals surface area contributed by atoms with Gasteiger partial charge in [0.05, 0.1) is 5.56 Å². The van der Waals surface area contributed by atoms with Gasteiger partial charge in [0, 0.05) is 31.2 Å². The van der Waals surface area contributed by atoms with Crippen molar-refractivity contribution in [3.8, 4) is 0 Å². The molecule has 1 atom stereocenters. The van der Waals surface area contributed by atoms with E-state index in [0.717, 1.165) is 11.6 Å². The average molecular weight is 335 g/mol. The molecule has 1 N–H and O–H groups in total. The zero-order valence-electron chi connectivity index (χ0n) is 12.2. The number of rotatable bonds is 1. The van der Waals surface area contributed by atoms with Gasteiger partial charge in [0.1, 0.15) is 0 Å². The van der Waals surface area contributed by atoms with E-state index in [9.17, 15) is 18.0 Å². The Morgan fingerprint density at radius 3 is 2.73 bits per heavy atom. The molecule has 2 heterocycles. The summed E-state index contributed by atoms with van der Waals surface area (Å²) in [5.41, 5.74) is 0.943. The van der Waals surface area contributed by atoms with E-state index in [-0.39, 0.29) is 29.9 Å². The summed E-state index contributed by atoms with van der Waals surface area (Å²) < 4.78 is 39.0. The molecule has 1 aromatic carbocycles. The number of aryl methyl sites for hydroxylation is 1. The zero-order chi connectivity index (χ0) is 15.2. The lowest BCUT2D eigenvalue weighted by Crippen LogP contribution is -2.57. The highest BCUT2D eigenvalue weighted by Crippen LogP contribution is 2.35. The number of alkyl halides is 3. The SMILES string of the molecule is CCc1cc(C(F)(F)F)cc2c1C[C@@H]1CNCCN1C2=O.Cl. The van der Waals surface area contributed by atoms with Crippen molar-refractivity contribution in [2.45, 2.75) is 32.0 Å². The fraction of sp³-hybridized carbons (Fsp3) is 0.533. The number of carbonyl (C=O) groups excluding carboxylic acids is 1. The van der Waals surface area contributed by atoms with E-state index in [1.807, 2.05) is 6.92 Å². The van der Waals surface area contributed by atoms with Crippen LogP contribution in [0.4, 0.5) is 13.2 Å². The first kappa shape index (κ1) is 17.1. The van der Waals surface area contributed by atoms with Crippen LogP contribution in [0.25, 0.3) is 0 Å². The number of carbonyl (C=O) groups is 1. The number of piperazine rings is 1. The molecule has 0 saturated carbocycles. The van der Waals surface area contributed by atoms with E-state index in [1.165, 1.54) is 6.07 Å². The van der Waals surface area contributed by atoms with Crippen LogP contribution in [0, 0.1) is 0 Å². The van der Waals surface area contributed by atoms with Crippen molar-refractivity contribution in [1.29, 1.82) is 0 Å². The summed E-state index contributed by atoms with van der Waals surface area (Å²) in [4.78, 5) is 14.2. The third-order valence-corrected chi connectivity index (χ3v) is 4.33. The van der Waals surface area contributed by atoms with Gasteiger partial charge in [-0.3, -0.25) is 4.79 Å².